The van der Waals surface area contributed by atoms with Crippen molar-refractivity contribution < 1.29 is 9.59 Å². The average molecular weight is 463 g/mol. The van der Waals surface area contributed by atoms with E-state index >= 15 is 0 Å². The molecule has 0 spiro atoms. The Labute approximate surface area is 168 Å². The van der Waals surface area contributed by atoms with Crippen molar-refractivity contribution in [2.45, 2.75) is 6.42 Å². The second-order valence-corrected chi connectivity index (χ2v) is 7.70. The Morgan fingerprint density at radius 2 is 1.92 bits per heavy atom. The van der Waals surface area contributed by atoms with E-state index in [1.165, 1.54) is 4.90 Å². The van der Waals surface area contributed by atoms with Gasteiger partial charge in [-0.2, -0.15) is 0 Å². The number of halogens is 4. The first-order chi connectivity index (χ1) is 11.9. The first-order valence-corrected chi connectivity index (χ1v) is 9.30. The lowest BCUT2D eigenvalue weighted by molar-refractivity contribution is -0.122. The van der Waals surface area contributed by atoms with Gasteiger partial charge in [0.15, 0.2) is 0 Å². The zero-order valence-electron chi connectivity index (χ0n) is 12.7. The van der Waals surface area contributed by atoms with Crippen LogP contribution < -0.4 is 10.2 Å². The topological polar surface area (TPSA) is 49.4 Å². The average Bonchev–Trinajstić information content (AvgIpc) is 2.94. The van der Waals surface area contributed by atoms with Crippen molar-refractivity contribution in [3.8, 4) is 0 Å². The minimum atomic E-state index is -0.498. The molecule has 0 saturated carbocycles. The lowest BCUT2D eigenvalue weighted by Crippen LogP contribution is -2.28. The van der Waals surface area contributed by atoms with Crippen LogP contribution in [0.2, 0.25) is 15.1 Å². The van der Waals surface area contributed by atoms with E-state index in [0.29, 0.717) is 26.4 Å². The van der Waals surface area contributed by atoms with Gasteiger partial charge in [0.05, 0.1) is 32.4 Å². The van der Waals surface area contributed by atoms with Gasteiger partial charge in [0, 0.05) is 17.4 Å². The van der Waals surface area contributed by atoms with Crippen molar-refractivity contribution in [3.63, 3.8) is 0 Å². The first-order valence-electron chi connectivity index (χ1n) is 7.37. The summed E-state index contributed by atoms with van der Waals surface area (Å²) in [5.41, 5.74) is 1.01. The predicted octanol–water partition coefficient (Wildman–Crippen LogP) is 5.40. The zero-order valence-corrected chi connectivity index (χ0v) is 16.6. The molecule has 1 N–H and O–H groups in total. The first kappa shape index (κ1) is 18.5. The zero-order chi connectivity index (χ0) is 18.1. The summed E-state index contributed by atoms with van der Waals surface area (Å²) in [7, 11) is 0. The number of rotatable bonds is 3. The number of benzene rings is 2. The summed E-state index contributed by atoms with van der Waals surface area (Å²) in [6, 6.07) is 10.2. The molecule has 1 fully saturated rings. The highest BCUT2D eigenvalue weighted by Crippen LogP contribution is 2.36. The Morgan fingerprint density at radius 1 is 1.16 bits per heavy atom. The fourth-order valence-electron chi connectivity index (χ4n) is 2.64. The van der Waals surface area contributed by atoms with Crippen LogP contribution in [0.3, 0.4) is 0 Å². The van der Waals surface area contributed by atoms with Crippen LogP contribution in [0.5, 0.6) is 0 Å². The number of amides is 2. The Bertz CT molecular complexity index is 860. The molecule has 0 radical (unpaired) electrons. The molecule has 2 amide bonds. The number of nitrogens with zero attached hydrogens (tertiary/aromatic N) is 1. The lowest BCUT2D eigenvalue weighted by Gasteiger charge is -2.18. The second kappa shape index (κ2) is 7.54. The molecule has 4 nitrogen and oxygen atoms in total. The van der Waals surface area contributed by atoms with Crippen molar-refractivity contribution in [2.75, 3.05) is 16.8 Å². The van der Waals surface area contributed by atoms with Gasteiger partial charge in [0.2, 0.25) is 11.8 Å². The number of carbonyl (C=O) groups excluding carboxylic acids is 2. The molecule has 0 aromatic heterocycles. The molecular formula is C17H12BrCl3N2O2. The fraction of sp³-hybridized carbons (Fsp3) is 0.176. The minimum absolute atomic E-state index is 0.100. The van der Waals surface area contributed by atoms with Gasteiger partial charge in [0.25, 0.3) is 0 Å². The highest BCUT2D eigenvalue weighted by molar-refractivity contribution is 9.10. The summed E-state index contributed by atoms with van der Waals surface area (Å²) >= 11 is 21.6. The molecule has 1 atom stereocenters. The quantitative estimate of drug-likeness (QED) is 0.664. The van der Waals surface area contributed by atoms with Gasteiger partial charge in [-0.15, -0.1) is 0 Å². The van der Waals surface area contributed by atoms with Crippen LogP contribution in [-0.2, 0) is 9.59 Å². The standard InChI is InChI=1S/C17H12BrCl3N2O2/c18-10-4-5-13(12(20)7-10)22-17(25)9-6-15(24)23(8-9)14-3-1-2-11(19)16(14)21/h1-5,7,9H,6,8H2,(H,22,25)/t9-/m0/s1. The van der Waals surface area contributed by atoms with Gasteiger partial charge in [-0.05, 0) is 30.3 Å². The van der Waals surface area contributed by atoms with E-state index < -0.39 is 5.92 Å². The van der Waals surface area contributed by atoms with Crippen LogP contribution in [0, 0.1) is 5.92 Å². The molecule has 130 valence electrons. The SMILES string of the molecule is O=C(Nc1ccc(Br)cc1Cl)[C@H]1CC(=O)N(c2cccc(Cl)c2Cl)C1. The number of carbonyl (C=O) groups is 2. The normalized spacial score (nSPS) is 17.0. The molecule has 0 unspecified atom stereocenters. The smallest absolute Gasteiger partial charge is 0.229 e. The summed E-state index contributed by atoms with van der Waals surface area (Å²) in [5, 5.41) is 3.85. The van der Waals surface area contributed by atoms with Gasteiger partial charge < -0.3 is 10.2 Å². The van der Waals surface area contributed by atoms with E-state index in [1.54, 1.807) is 36.4 Å². The highest BCUT2D eigenvalue weighted by atomic mass is 79.9. The fourth-order valence-corrected chi connectivity index (χ4v) is 3.76. The van der Waals surface area contributed by atoms with E-state index in [2.05, 4.69) is 21.2 Å². The molecular weight excluding hydrogens is 450 g/mol. The number of hydrogen-bond acceptors (Lipinski definition) is 2. The molecule has 1 heterocycles. The van der Waals surface area contributed by atoms with E-state index in [4.69, 9.17) is 34.8 Å². The second-order valence-electron chi connectivity index (χ2n) is 5.59. The van der Waals surface area contributed by atoms with Gasteiger partial charge >= 0.3 is 0 Å². The number of anilines is 2. The van der Waals surface area contributed by atoms with Crippen LogP contribution >= 0.6 is 50.7 Å². The molecule has 2 aromatic rings. The Balaban J connectivity index is 1.75. The van der Waals surface area contributed by atoms with Crippen LogP contribution in [0.4, 0.5) is 11.4 Å². The Morgan fingerprint density at radius 3 is 2.64 bits per heavy atom. The van der Waals surface area contributed by atoms with E-state index in [-0.39, 0.29) is 24.8 Å². The van der Waals surface area contributed by atoms with Crippen LogP contribution in [0.25, 0.3) is 0 Å². The van der Waals surface area contributed by atoms with Crippen molar-refractivity contribution in [1.82, 2.24) is 0 Å². The lowest BCUT2D eigenvalue weighted by atomic mass is 10.1. The summed E-state index contributed by atoms with van der Waals surface area (Å²) in [6.07, 6.45) is 0.100. The summed E-state index contributed by atoms with van der Waals surface area (Å²) in [6.45, 7) is 0.235. The summed E-state index contributed by atoms with van der Waals surface area (Å²) in [4.78, 5) is 26.3. The van der Waals surface area contributed by atoms with Crippen molar-refractivity contribution >= 4 is 73.9 Å². The van der Waals surface area contributed by atoms with Crippen molar-refractivity contribution in [1.29, 1.82) is 0 Å². The molecule has 1 saturated heterocycles. The number of hydrogen-bond donors (Lipinski definition) is 1. The maximum atomic E-state index is 12.5. The van der Waals surface area contributed by atoms with Crippen LogP contribution in [0.1, 0.15) is 6.42 Å². The highest BCUT2D eigenvalue weighted by Gasteiger charge is 2.36. The predicted molar refractivity (Wildman–Crippen MR) is 105 cm³/mol. The van der Waals surface area contributed by atoms with Crippen LogP contribution in [0.15, 0.2) is 40.9 Å². The van der Waals surface area contributed by atoms with Crippen molar-refractivity contribution in [3.05, 3.63) is 55.9 Å². The van der Waals surface area contributed by atoms with Crippen molar-refractivity contribution in [2.24, 2.45) is 5.92 Å². The molecule has 8 heteroatoms. The van der Waals surface area contributed by atoms with E-state index in [1.807, 2.05) is 0 Å². The molecule has 0 bridgehead atoms. The molecule has 3 rings (SSSR count). The summed E-state index contributed by atoms with van der Waals surface area (Å²) in [5.74, 6) is -0.938. The third-order valence-corrected chi connectivity index (χ3v) is 5.52. The molecule has 1 aliphatic heterocycles. The van der Waals surface area contributed by atoms with E-state index in [9.17, 15) is 9.59 Å². The number of nitrogens with one attached hydrogen (secondary N) is 1. The van der Waals surface area contributed by atoms with E-state index in [0.717, 1.165) is 4.47 Å². The summed E-state index contributed by atoms with van der Waals surface area (Å²) < 4.78 is 0.813. The van der Waals surface area contributed by atoms with Gasteiger partial charge in [-0.3, -0.25) is 9.59 Å². The Hall–Kier alpha value is -1.27. The maximum Gasteiger partial charge on any atom is 0.229 e. The molecule has 0 aliphatic carbocycles. The maximum absolute atomic E-state index is 12.5. The van der Waals surface area contributed by atoms with Gasteiger partial charge in [-0.25, -0.2) is 0 Å². The third-order valence-electron chi connectivity index (χ3n) is 3.91. The minimum Gasteiger partial charge on any atom is -0.324 e. The Kier molecular flexibility index (Phi) is 5.58. The van der Waals surface area contributed by atoms with Gasteiger partial charge in [0.1, 0.15) is 0 Å². The molecule has 25 heavy (non-hydrogen) atoms. The van der Waals surface area contributed by atoms with Crippen LogP contribution in [-0.4, -0.2) is 18.4 Å². The molecule has 1 aliphatic rings. The monoisotopic (exact) mass is 460 g/mol. The van der Waals surface area contributed by atoms with Gasteiger partial charge in [-0.1, -0.05) is 56.8 Å². The largest absolute Gasteiger partial charge is 0.324 e. The molecule has 2 aromatic carbocycles. The third kappa shape index (κ3) is 3.95.